The van der Waals surface area contributed by atoms with Gasteiger partial charge in [0.05, 0.1) is 0 Å². The first kappa shape index (κ1) is 11.5. The van der Waals surface area contributed by atoms with Crippen LogP contribution in [0, 0.1) is 5.92 Å². The molecule has 4 nitrogen and oxygen atoms in total. The van der Waals surface area contributed by atoms with Gasteiger partial charge in [-0.3, -0.25) is 4.79 Å². The molecule has 0 aliphatic carbocycles. The molecular weight excluding hydrogens is 180 g/mol. The first-order valence-corrected chi connectivity index (χ1v) is 5.36. The molecule has 4 heteroatoms. The molecule has 0 spiro atoms. The summed E-state index contributed by atoms with van der Waals surface area (Å²) in [5, 5.41) is 3.31. The van der Waals surface area contributed by atoms with Crippen molar-refractivity contribution in [2.45, 2.75) is 25.7 Å². The first-order valence-electron chi connectivity index (χ1n) is 5.36. The van der Waals surface area contributed by atoms with Gasteiger partial charge >= 0.3 is 0 Å². The lowest BCUT2D eigenvalue weighted by Crippen LogP contribution is -2.30. The van der Waals surface area contributed by atoms with Crippen molar-refractivity contribution in [2.75, 3.05) is 26.3 Å². The molecule has 1 aliphatic heterocycles. The summed E-state index contributed by atoms with van der Waals surface area (Å²) in [5.41, 5.74) is 5.01. The Morgan fingerprint density at radius 3 is 2.79 bits per heavy atom. The van der Waals surface area contributed by atoms with E-state index in [1.165, 1.54) is 12.8 Å². The summed E-state index contributed by atoms with van der Waals surface area (Å²) < 4.78 is 5.49. The van der Waals surface area contributed by atoms with E-state index in [0.717, 1.165) is 26.1 Å². The average Bonchev–Trinajstić information content (AvgIpc) is 2.18. The zero-order valence-corrected chi connectivity index (χ0v) is 8.63. The molecule has 1 saturated heterocycles. The summed E-state index contributed by atoms with van der Waals surface area (Å²) in [4.78, 5) is 10.4. The van der Waals surface area contributed by atoms with Crippen molar-refractivity contribution in [1.82, 2.24) is 5.32 Å². The molecule has 0 saturated carbocycles. The molecule has 0 aromatic heterocycles. The number of nitrogens with two attached hydrogens (primary N) is 1. The second-order valence-corrected chi connectivity index (χ2v) is 3.84. The zero-order valence-electron chi connectivity index (χ0n) is 8.63. The Kier molecular flexibility index (Phi) is 5.56. The van der Waals surface area contributed by atoms with Crippen LogP contribution in [-0.4, -0.2) is 32.2 Å². The number of rotatable bonds is 6. The van der Waals surface area contributed by atoms with Gasteiger partial charge in [-0.2, -0.15) is 0 Å². The largest absolute Gasteiger partial charge is 0.381 e. The van der Waals surface area contributed by atoms with Gasteiger partial charge in [0, 0.05) is 19.6 Å². The van der Waals surface area contributed by atoms with Gasteiger partial charge in [0.25, 0.3) is 0 Å². The van der Waals surface area contributed by atoms with Crippen molar-refractivity contribution in [3.05, 3.63) is 0 Å². The van der Waals surface area contributed by atoms with Gasteiger partial charge in [0.15, 0.2) is 0 Å². The molecule has 1 fully saturated rings. The third-order valence-electron chi connectivity index (χ3n) is 2.52. The lowest BCUT2D eigenvalue weighted by molar-refractivity contribution is -0.118. The Morgan fingerprint density at radius 1 is 1.43 bits per heavy atom. The first-order chi connectivity index (χ1) is 6.79. The van der Waals surface area contributed by atoms with Crippen LogP contribution in [0.15, 0.2) is 0 Å². The Labute approximate surface area is 85.2 Å². The van der Waals surface area contributed by atoms with Crippen LogP contribution in [-0.2, 0) is 9.53 Å². The molecule has 14 heavy (non-hydrogen) atoms. The zero-order chi connectivity index (χ0) is 10.2. The van der Waals surface area contributed by atoms with E-state index in [1.807, 2.05) is 0 Å². The smallest absolute Gasteiger partial charge is 0.217 e. The van der Waals surface area contributed by atoms with Gasteiger partial charge < -0.3 is 15.8 Å². The highest BCUT2D eigenvalue weighted by Gasteiger charge is 2.12. The van der Waals surface area contributed by atoms with E-state index in [0.29, 0.717) is 18.9 Å². The molecule has 0 radical (unpaired) electrons. The van der Waals surface area contributed by atoms with Crippen molar-refractivity contribution < 1.29 is 9.53 Å². The highest BCUT2D eigenvalue weighted by atomic mass is 16.5. The Morgan fingerprint density at radius 2 is 2.14 bits per heavy atom. The number of primary amides is 1. The maximum Gasteiger partial charge on any atom is 0.217 e. The summed E-state index contributed by atoms with van der Waals surface area (Å²) in [6, 6.07) is 0. The number of carbonyl (C=O) groups is 1. The van der Waals surface area contributed by atoms with E-state index in [2.05, 4.69) is 5.32 Å². The van der Waals surface area contributed by atoms with E-state index in [9.17, 15) is 4.79 Å². The molecule has 0 aromatic rings. The lowest BCUT2D eigenvalue weighted by atomic mass is 9.99. The van der Waals surface area contributed by atoms with Crippen LogP contribution in [0.4, 0.5) is 0 Å². The molecule has 82 valence electrons. The monoisotopic (exact) mass is 200 g/mol. The number of piperidine rings is 1. The third kappa shape index (κ3) is 5.19. The van der Waals surface area contributed by atoms with E-state index >= 15 is 0 Å². The maximum absolute atomic E-state index is 10.4. The Balaban J connectivity index is 1.90. The second kappa shape index (κ2) is 6.79. The normalized spacial score (nSPS) is 18.3. The molecule has 1 amide bonds. The molecule has 0 aromatic carbocycles. The van der Waals surface area contributed by atoms with Gasteiger partial charge in [0.1, 0.15) is 0 Å². The predicted octanol–water partition coefficient (Wildman–Crippen LogP) is 0.268. The van der Waals surface area contributed by atoms with Crippen LogP contribution in [0.2, 0.25) is 0 Å². The van der Waals surface area contributed by atoms with E-state index in [1.54, 1.807) is 0 Å². The fraction of sp³-hybridized carbons (Fsp3) is 0.900. The Hall–Kier alpha value is -0.610. The predicted molar refractivity (Wildman–Crippen MR) is 54.8 cm³/mol. The molecular formula is C10H20N2O2. The minimum atomic E-state index is -0.240. The van der Waals surface area contributed by atoms with Crippen LogP contribution in [0.25, 0.3) is 0 Å². The minimum Gasteiger partial charge on any atom is -0.381 e. The number of hydrogen-bond acceptors (Lipinski definition) is 3. The van der Waals surface area contributed by atoms with E-state index in [-0.39, 0.29) is 5.91 Å². The molecule has 1 aliphatic rings. The van der Waals surface area contributed by atoms with Crippen molar-refractivity contribution in [2.24, 2.45) is 11.7 Å². The SMILES string of the molecule is NC(=O)CCCOCC1CCNCC1. The standard InChI is InChI=1S/C10H20N2O2/c11-10(13)2-1-7-14-8-9-3-5-12-6-4-9/h9,12H,1-8H2,(H2,11,13). The van der Waals surface area contributed by atoms with Crippen molar-refractivity contribution in [3.8, 4) is 0 Å². The van der Waals surface area contributed by atoms with Crippen LogP contribution in [0.3, 0.4) is 0 Å². The molecule has 1 heterocycles. The van der Waals surface area contributed by atoms with Crippen molar-refractivity contribution in [1.29, 1.82) is 0 Å². The van der Waals surface area contributed by atoms with Gasteiger partial charge in [0.2, 0.25) is 5.91 Å². The van der Waals surface area contributed by atoms with Crippen LogP contribution in [0.1, 0.15) is 25.7 Å². The fourth-order valence-corrected chi connectivity index (χ4v) is 1.65. The number of carbonyl (C=O) groups excluding carboxylic acids is 1. The third-order valence-corrected chi connectivity index (χ3v) is 2.52. The molecule has 0 unspecified atom stereocenters. The summed E-state index contributed by atoms with van der Waals surface area (Å²) in [6.45, 7) is 3.71. The van der Waals surface area contributed by atoms with Gasteiger partial charge in [-0.25, -0.2) is 0 Å². The number of hydrogen-bond donors (Lipinski definition) is 2. The van der Waals surface area contributed by atoms with Gasteiger partial charge in [-0.05, 0) is 38.3 Å². The van der Waals surface area contributed by atoms with Gasteiger partial charge in [-0.15, -0.1) is 0 Å². The quantitative estimate of drug-likeness (QED) is 0.605. The Bertz CT molecular complexity index is 168. The maximum atomic E-state index is 10.4. The van der Waals surface area contributed by atoms with E-state index in [4.69, 9.17) is 10.5 Å². The second-order valence-electron chi connectivity index (χ2n) is 3.84. The lowest BCUT2D eigenvalue weighted by Gasteiger charge is -2.22. The summed E-state index contributed by atoms with van der Waals surface area (Å²) in [7, 11) is 0. The summed E-state index contributed by atoms with van der Waals surface area (Å²) in [5.74, 6) is 0.459. The molecule has 0 bridgehead atoms. The van der Waals surface area contributed by atoms with Crippen LogP contribution < -0.4 is 11.1 Å². The van der Waals surface area contributed by atoms with Crippen LogP contribution >= 0.6 is 0 Å². The van der Waals surface area contributed by atoms with E-state index < -0.39 is 0 Å². The van der Waals surface area contributed by atoms with Crippen molar-refractivity contribution in [3.63, 3.8) is 0 Å². The summed E-state index contributed by atoms with van der Waals surface area (Å²) in [6.07, 6.45) is 3.60. The van der Waals surface area contributed by atoms with Crippen LogP contribution in [0.5, 0.6) is 0 Å². The van der Waals surface area contributed by atoms with Crippen molar-refractivity contribution >= 4 is 5.91 Å². The molecule has 1 rings (SSSR count). The van der Waals surface area contributed by atoms with Gasteiger partial charge in [-0.1, -0.05) is 0 Å². The number of nitrogens with one attached hydrogen (secondary N) is 1. The summed E-state index contributed by atoms with van der Waals surface area (Å²) >= 11 is 0. The fourth-order valence-electron chi connectivity index (χ4n) is 1.65. The average molecular weight is 200 g/mol. The number of ether oxygens (including phenoxy) is 1. The number of amides is 1. The highest BCUT2D eigenvalue weighted by Crippen LogP contribution is 2.11. The highest BCUT2D eigenvalue weighted by molar-refractivity contribution is 5.73. The molecule has 0 atom stereocenters. The minimum absolute atomic E-state index is 0.240. The molecule has 3 N–H and O–H groups in total. The topological polar surface area (TPSA) is 64.4 Å².